The van der Waals surface area contributed by atoms with E-state index in [0.717, 1.165) is 19.5 Å². The van der Waals surface area contributed by atoms with E-state index < -0.39 is 0 Å². The highest BCUT2D eigenvalue weighted by Gasteiger charge is 2.20. The smallest absolute Gasteiger partial charge is 0.231 e. The third kappa shape index (κ3) is 4.15. The maximum Gasteiger partial charge on any atom is 0.231 e. The first-order chi connectivity index (χ1) is 8.74. The summed E-state index contributed by atoms with van der Waals surface area (Å²) in [6.45, 7) is 2.46. The minimum atomic E-state index is -0.210. The minimum absolute atomic E-state index is 0.210. The van der Waals surface area contributed by atoms with Crippen LogP contribution in [0, 0.1) is 5.92 Å². The fourth-order valence-corrected chi connectivity index (χ4v) is 2.77. The summed E-state index contributed by atoms with van der Waals surface area (Å²) in [5, 5.41) is 0. The number of amides is 1. The molecule has 0 saturated carbocycles. The van der Waals surface area contributed by atoms with E-state index in [-0.39, 0.29) is 5.91 Å². The number of benzene rings is 1. The van der Waals surface area contributed by atoms with Gasteiger partial charge in [0.15, 0.2) is 0 Å². The largest absolute Gasteiger partial charge is 0.369 e. The van der Waals surface area contributed by atoms with Crippen molar-refractivity contribution in [3.63, 3.8) is 0 Å². The van der Waals surface area contributed by atoms with Crippen molar-refractivity contribution in [3.05, 3.63) is 35.9 Å². The topological polar surface area (TPSA) is 46.3 Å². The van der Waals surface area contributed by atoms with Gasteiger partial charge in [0.25, 0.3) is 0 Å². The number of primary amides is 1. The van der Waals surface area contributed by atoms with Crippen LogP contribution in [0.5, 0.6) is 0 Å². The molecule has 0 radical (unpaired) electrons. The Morgan fingerprint density at radius 3 is 2.83 bits per heavy atom. The van der Waals surface area contributed by atoms with Crippen LogP contribution in [0.1, 0.15) is 24.8 Å². The molecule has 1 aliphatic rings. The molecule has 98 valence electrons. The van der Waals surface area contributed by atoms with Crippen LogP contribution < -0.4 is 5.73 Å². The number of carbonyl (C=O) groups is 1. The highest BCUT2D eigenvalue weighted by Crippen LogP contribution is 2.21. The number of aryl methyl sites for hydroxylation is 1. The van der Waals surface area contributed by atoms with Gasteiger partial charge in [0.05, 0.1) is 6.54 Å². The van der Waals surface area contributed by atoms with Gasteiger partial charge in [-0.05, 0) is 43.7 Å². The summed E-state index contributed by atoms with van der Waals surface area (Å²) in [4.78, 5) is 13.1. The lowest BCUT2D eigenvalue weighted by atomic mass is 9.91. The number of nitrogens with two attached hydrogens (primary N) is 1. The van der Waals surface area contributed by atoms with Crippen LogP contribution in [0.4, 0.5) is 0 Å². The van der Waals surface area contributed by atoms with Crippen molar-refractivity contribution >= 4 is 5.91 Å². The lowest BCUT2D eigenvalue weighted by molar-refractivity contribution is -0.119. The number of hydrogen-bond donors (Lipinski definition) is 1. The molecule has 3 nitrogen and oxygen atoms in total. The van der Waals surface area contributed by atoms with E-state index in [4.69, 9.17) is 5.73 Å². The second kappa shape index (κ2) is 6.55. The van der Waals surface area contributed by atoms with Gasteiger partial charge in [-0.1, -0.05) is 30.3 Å². The Kier molecular flexibility index (Phi) is 4.76. The molecule has 1 fully saturated rings. The molecule has 1 aromatic rings. The molecule has 1 atom stereocenters. The lowest BCUT2D eigenvalue weighted by Crippen LogP contribution is -2.40. The molecule has 1 saturated heterocycles. The van der Waals surface area contributed by atoms with Crippen LogP contribution in [0.15, 0.2) is 30.3 Å². The zero-order chi connectivity index (χ0) is 12.8. The summed E-state index contributed by atoms with van der Waals surface area (Å²) in [5.74, 6) is 0.497. The highest BCUT2D eigenvalue weighted by molar-refractivity contribution is 5.75. The Bertz CT molecular complexity index is 377. The zero-order valence-electron chi connectivity index (χ0n) is 10.8. The van der Waals surface area contributed by atoms with E-state index in [0.29, 0.717) is 12.5 Å². The second-order valence-corrected chi connectivity index (χ2v) is 5.23. The molecule has 0 aromatic heterocycles. The van der Waals surface area contributed by atoms with E-state index in [2.05, 4.69) is 35.2 Å². The molecule has 1 heterocycles. The quantitative estimate of drug-likeness (QED) is 0.861. The summed E-state index contributed by atoms with van der Waals surface area (Å²) in [5.41, 5.74) is 6.66. The van der Waals surface area contributed by atoms with Crippen molar-refractivity contribution in [3.8, 4) is 0 Å². The maximum atomic E-state index is 10.9. The first kappa shape index (κ1) is 13.1. The number of piperidine rings is 1. The van der Waals surface area contributed by atoms with Crippen molar-refractivity contribution in [1.82, 2.24) is 4.90 Å². The van der Waals surface area contributed by atoms with Gasteiger partial charge >= 0.3 is 0 Å². The molecule has 3 heteroatoms. The lowest BCUT2D eigenvalue weighted by Gasteiger charge is -2.31. The standard InChI is InChI=1S/C15H22N2O/c16-15(18)12-17-10-4-7-14(11-17)9-8-13-5-2-1-3-6-13/h1-3,5-6,14H,4,7-12H2,(H2,16,18). The molecular formula is C15H22N2O. The van der Waals surface area contributed by atoms with Crippen LogP contribution in [0.2, 0.25) is 0 Å². The van der Waals surface area contributed by atoms with Crippen molar-refractivity contribution < 1.29 is 4.79 Å². The van der Waals surface area contributed by atoms with E-state index in [9.17, 15) is 4.79 Å². The van der Waals surface area contributed by atoms with E-state index >= 15 is 0 Å². The second-order valence-electron chi connectivity index (χ2n) is 5.23. The molecule has 1 unspecified atom stereocenters. The molecule has 0 spiro atoms. The summed E-state index contributed by atoms with van der Waals surface area (Å²) in [7, 11) is 0. The highest BCUT2D eigenvalue weighted by atomic mass is 16.1. The van der Waals surface area contributed by atoms with E-state index in [1.54, 1.807) is 0 Å². The SMILES string of the molecule is NC(=O)CN1CCCC(CCc2ccccc2)C1. The predicted octanol–water partition coefficient (Wildman–Crippen LogP) is 1.82. The number of rotatable bonds is 5. The number of carbonyl (C=O) groups excluding carboxylic acids is 1. The molecule has 2 N–H and O–H groups in total. The Hall–Kier alpha value is -1.35. The zero-order valence-corrected chi connectivity index (χ0v) is 10.8. The van der Waals surface area contributed by atoms with Gasteiger partial charge in [-0.2, -0.15) is 0 Å². The molecule has 0 bridgehead atoms. The van der Waals surface area contributed by atoms with Gasteiger partial charge in [-0.25, -0.2) is 0 Å². The van der Waals surface area contributed by atoms with E-state index in [1.807, 2.05) is 0 Å². The van der Waals surface area contributed by atoms with Gasteiger partial charge in [0.2, 0.25) is 5.91 Å². The van der Waals surface area contributed by atoms with Crippen molar-refractivity contribution in [1.29, 1.82) is 0 Å². The molecular weight excluding hydrogens is 224 g/mol. The van der Waals surface area contributed by atoms with Crippen LogP contribution >= 0.6 is 0 Å². The Morgan fingerprint density at radius 1 is 1.33 bits per heavy atom. The van der Waals surface area contributed by atoms with E-state index in [1.165, 1.54) is 24.8 Å². The van der Waals surface area contributed by atoms with Crippen LogP contribution in [0.3, 0.4) is 0 Å². The van der Waals surface area contributed by atoms with Gasteiger partial charge in [0, 0.05) is 6.54 Å². The average Bonchev–Trinajstić information content (AvgIpc) is 2.37. The molecule has 0 aliphatic carbocycles. The van der Waals surface area contributed by atoms with Gasteiger partial charge in [-0.15, -0.1) is 0 Å². The van der Waals surface area contributed by atoms with Crippen LogP contribution in [-0.4, -0.2) is 30.4 Å². The summed E-state index contributed by atoms with van der Waals surface area (Å²) in [6, 6.07) is 10.6. The molecule has 1 aromatic carbocycles. The van der Waals surface area contributed by atoms with Crippen LogP contribution in [-0.2, 0) is 11.2 Å². The van der Waals surface area contributed by atoms with Crippen LogP contribution in [0.25, 0.3) is 0 Å². The summed E-state index contributed by atoms with van der Waals surface area (Å²) in [6.07, 6.45) is 4.81. The molecule has 18 heavy (non-hydrogen) atoms. The fraction of sp³-hybridized carbons (Fsp3) is 0.533. The van der Waals surface area contributed by atoms with Gasteiger partial charge in [0.1, 0.15) is 0 Å². The minimum Gasteiger partial charge on any atom is -0.369 e. The number of nitrogens with zero attached hydrogens (tertiary/aromatic N) is 1. The third-order valence-corrected chi connectivity index (χ3v) is 3.67. The monoisotopic (exact) mass is 246 g/mol. The molecule has 1 aliphatic heterocycles. The van der Waals surface area contributed by atoms with Gasteiger partial charge < -0.3 is 5.73 Å². The Morgan fingerprint density at radius 2 is 2.11 bits per heavy atom. The van der Waals surface area contributed by atoms with Crippen molar-refractivity contribution in [2.45, 2.75) is 25.7 Å². The Balaban J connectivity index is 1.77. The fourth-order valence-electron chi connectivity index (χ4n) is 2.77. The van der Waals surface area contributed by atoms with Crippen molar-refractivity contribution in [2.24, 2.45) is 11.7 Å². The molecule has 2 rings (SSSR count). The first-order valence-corrected chi connectivity index (χ1v) is 6.78. The predicted molar refractivity (Wildman–Crippen MR) is 73.1 cm³/mol. The number of hydrogen-bond acceptors (Lipinski definition) is 2. The molecule has 1 amide bonds. The summed E-state index contributed by atoms with van der Waals surface area (Å²) < 4.78 is 0. The Labute approximate surface area is 109 Å². The normalized spacial score (nSPS) is 20.8. The average molecular weight is 246 g/mol. The van der Waals surface area contributed by atoms with Gasteiger partial charge in [-0.3, -0.25) is 9.69 Å². The first-order valence-electron chi connectivity index (χ1n) is 6.78. The number of likely N-dealkylation sites (tertiary alicyclic amines) is 1. The third-order valence-electron chi connectivity index (χ3n) is 3.67. The summed E-state index contributed by atoms with van der Waals surface area (Å²) >= 11 is 0. The van der Waals surface area contributed by atoms with Crippen molar-refractivity contribution in [2.75, 3.05) is 19.6 Å². The maximum absolute atomic E-state index is 10.9.